The number of aromatic nitrogens is 4. The second-order valence-corrected chi connectivity index (χ2v) is 13.1. The maximum absolute atomic E-state index is 12.1. The van der Waals surface area contributed by atoms with Gasteiger partial charge in [-0.3, -0.25) is 14.7 Å². The molecule has 1 aliphatic heterocycles. The Morgan fingerprint density at radius 1 is 1.24 bits per heavy atom. The number of carbonyl (C=O) groups is 1. The maximum Gasteiger partial charge on any atom is 0.233 e. The molecule has 134 valence electrons. The van der Waals surface area contributed by atoms with Crippen molar-refractivity contribution < 1.29 is 9.53 Å². The summed E-state index contributed by atoms with van der Waals surface area (Å²) in [6, 6.07) is 4.82. The smallest absolute Gasteiger partial charge is 0.233 e. The van der Waals surface area contributed by atoms with Crippen LogP contribution >= 0.6 is 0 Å². The van der Waals surface area contributed by atoms with Gasteiger partial charge in [0, 0.05) is 45.6 Å². The topological polar surface area (TPSA) is 73.1 Å². The van der Waals surface area contributed by atoms with Gasteiger partial charge in [-0.1, -0.05) is 19.6 Å². The van der Waals surface area contributed by atoms with E-state index in [1.54, 1.807) is 22.0 Å². The molecule has 2 aromatic heterocycles. The fraction of sp³-hybridized carbons (Fsp3) is 0.529. The highest BCUT2D eigenvalue weighted by atomic mass is 28.3. The Bertz CT molecular complexity index is 726. The van der Waals surface area contributed by atoms with E-state index in [1.165, 1.54) is 0 Å². The van der Waals surface area contributed by atoms with Crippen LogP contribution in [0, 0.1) is 0 Å². The van der Waals surface area contributed by atoms with Crippen LogP contribution in [0.4, 0.5) is 5.95 Å². The van der Waals surface area contributed by atoms with Crippen LogP contribution in [-0.2, 0) is 16.3 Å². The number of ether oxygens (including phenoxy) is 1. The SMILES string of the molecule is C[Si](C)(C)CCOCn1nc(-c2ccncc2)nc1N1CCCC1=O. The van der Waals surface area contributed by atoms with Crippen molar-refractivity contribution in [3.63, 3.8) is 0 Å². The summed E-state index contributed by atoms with van der Waals surface area (Å²) in [5.74, 6) is 1.25. The van der Waals surface area contributed by atoms with Crippen molar-refractivity contribution in [3.8, 4) is 11.4 Å². The molecule has 1 amide bonds. The monoisotopic (exact) mass is 359 g/mol. The summed E-state index contributed by atoms with van der Waals surface area (Å²) in [6.45, 7) is 8.66. The summed E-state index contributed by atoms with van der Waals surface area (Å²) >= 11 is 0. The molecular weight excluding hydrogens is 334 g/mol. The first-order valence-electron chi connectivity index (χ1n) is 8.67. The van der Waals surface area contributed by atoms with E-state index in [4.69, 9.17) is 4.74 Å². The number of amides is 1. The summed E-state index contributed by atoms with van der Waals surface area (Å²) in [5.41, 5.74) is 0.878. The molecule has 3 rings (SSSR count). The molecule has 0 unspecified atom stereocenters. The molecule has 0 saturated carbocycles. The van der Waals surface area contributed by atoms with Crippen molar-refractivity contribution in [1.29, 1.82) is 0 Å². The lowest BCUT2D eigenvalue weighted by molar-refractivity contribution is -0.117. The molecule has 0 aliphatic carbocycles. The van der Waals surface area contributed by atoms with E-state index >= 15 is 0 Å². The third-order valence-corrected chi connectivity index (χ3v) is 5.82. The van der Waals surface area contributed by atoms with E-state index in [1.807, 2.05) is 12.1 Å². The van der Waals surface area contributed by atoms with Crippen LogP contribution in [0.1, 0.15) is 12.8 Å². The van der Waals surface area contributed by atoms with E-state index < -0.39 is 8.07 Å². The van der Waals surface area contributed by atoms with Crippen molar-refractivity contribution in [2.24, 2.45) is 0 Å². The van der Waals surface area contributed by atoms with Crippen LogP contribution in [0.3, 0.4) is 0 Å². The number of pyridine rings is 1. The molecule has 0 spiro atoms. The van der Waals surface area contributed by atoms with Crippen LogP contribution in [-0.4, -0.2) is 46.9 Å². The number of hydrogen-bond donors (Lipinski definition) is 0. The van der Waals surface area contributed by atoms with E-state index in [0.717, 1.165) is 18.0 Å². The van der Waals surface area contributed by atoms with E-state index in [0.29, 0.717) is 38.1 Å². The van der Waals surface area contributed by atoms with E-state index in [9.17, 15) is 4.79 Å². The largest absolute Gasteiger partial charge is 0.359 e. The lowest BCUT2D eigenvalue weighted by atomic mass is 10.3. The van der Waals surface area contributed by atoms with Gasteiger partial charge in [-0.15, -0.1) is 5.10 Å². The lowest BCUT2D eigenvalue weighted by Gasteiger charge is -2.17. The molecule has 25 heavy (non-hydrogen) atoms. The van der Waals surface area contributed by atoms with Gasteiger partial charge in [0.15, 0.2) is 5.82 Å². The predicted octanol–water partition coefficient (Wildman–Crippen LogP) is 2.78. The van der Waals surface area contributed by atoms with Crippen LogP contribution in [0.25, 0.3) is 11.4 Å². The van der Waals surface area contributed by atoms with Gasteiger partial charge >= 0.3 is 0 Å². The first-order chi connectivity index (χ1) is 11.9. The Balaban J connectivity index is 1.79. The molecule has 7 nitrogen and oxygen atoms in total. The van der Waals surface area contributed by atoms with Crippen molar-refractivity contribution >= 4 is 19.9 Å². The van der Waals surface area contributed by atoms with Gasteiger partial charge in [-0.05, 0) is 24.6 Å². The molecule has 0 N–H and O–H groups in total. The second-order valence-electron chi connectivity index (χ2n) is 7.47. The number of carbonyl (C=O) groups excluding carboxylic acids is 1. The summed E-state index contributed by atoms with van der Waals surface area (Å²) in [5, 5.41) is 4.56. The average molecular weight is 360 g/mol. The zero-order valence-corrected chi connectivity index (χ0v) is 16.1. The van der Waals surface area contributed by atoms with Gasteiger partial charge in [-0.25, -0.2) is 4.68 Å². The van der Waals surface area contributed by atoms with Crippen LogP contribution in [0.5, 0.6) is 0 Å². The van der Waals surface area contributed by atoms with Gasteiger partial charge in [0.05, 0.1) is 0 Å². The molecule has 0 atom stereocenters. The highest BCUT2D eigenvalue weighted by Crippen LogP contribution is 2.23. The summed E-state index contributed by atoms with van der Waals surface area (Å²) < 4.78 is 7.52. The Morgan fingerprint density at radius 2 is 2.00 bits per heavy atom. The summed E-state index contributed by atoms with van der Waals surface area (Å²) in [4.78, 5) is 22.5. The zero-order chi connectivity index (χ0) is 17.9. The first kappa shape index (κ1) is 17.8. The molecule has 2 aromatic rings. The van der Waals surface area contributed by atoms with Gasteiger partial charge in [0.25, 0.3) is 0 Å². The highest BCUT2D eigenvalue weighted by Gasteiger charge is 2.27. The fourth-order valence-electron chi connectivity index (χ4n) is 2.63. The van der Waals surface area contributed by atoms with Gasteiger partial charge in [0.1, 0.15) is 6.73 Å². The average Bonchev–Trinajstić information content (AvgIpc) is 3.17. The minimum Gasteiger partial charge on any atom is -0.359 e. The van der Waals surface area contributed by atoms with Gasteiger partial charge < -0.3 is 4.74 Å². The van der Waals surface area contributed by atoms with Crippen molar-refractivity contribution in [2.45, 2.75) is 45.3 Å². The Kier molecular flexibility index (Phi) is 5.29. The quantitative estimate of drug-likeness (QED) is 0.561. The third kappa shape index (κ3) is 4.52. The van der Waals surface area contributed by atoms with Crippen LogP contribution in [0.15, 0.2) is 24.5 Å². The minimum atomic E-state index is -1.13. The molecular formula is C17H25N5O2Si. The normalized spacial score (nSPS) is 15.2. The van der Waals surface area contributed by atoms with Gasteiger partial charge in [-0.2, -0.15) is 4.98 Å². The summed E-state index contributed by atoms with van der Waals surface area (Å²) in [6.07, 6.45) is 4.84. The van der Waals surface area contributed by atoms with Crippen LogP contribution < -0.4 is 4.90 Å². The molecule has 1 aliphatic rings. The molecule has 0 radical (unpaired) electrons. The van der Waals surface area contributed by atoms with E-state index in [2.05, 4.69) is 34.7 Å². The molecule has 1 saturated heterocycles. The van der Waals surface area contributed by atoms with Crippen molar-refractivity contribution in [2.75, 3.05) is 18.1 Å². The second kappa shape index (κ2) is 7.45. The van der Waals surface area contributed by atoms with Crippen LogP contribution in [0.2, 0.25) is 25.7 Å². The highest BCUT2D eigenvalue weighted by molar-refractivity contribution is 6.76. The number of nitrogens with zero attached hydrogens (tertiary/aromatic N) is 5. The molecule has 1 fully saturated rings. The zero-order valence-electron chi connectivity index (χ0n) is 15.1. The standard InChI is InChI=1S/C17H25N5O2Si/c1-25(2,3)12-11-24-13-22-17(21-10-4-5-15(21)23)19-16(20-22)14-6-8-18-9-7-14/h6-9H,4-5,10-13H2,1-3H3. The number of anilines is 1. The fourth-order valence-corrected chi connectivity index (χ4v) is 3.39. The summed E-state index contributed by atoms with van der Waals surface area (Å²) in [7, 11) is -1.13. The molecule has 3 heterocycles. The van der Waals surface area contributed by atoms with Gasteiger partial charge in [0.2, 0.25) is 11.9 Å². The molecule has 0 aromatic carbocycles. The Morgan fingerprint density at radius 3 is 2.64 bits per heavy atom. The Labute approximate surface area is 149 Å². The number of hydrogen-bond acceptors (Lipinski definition) is 5. The Hall–Kier alpha value is -2.06. The minimum absolute atomic E-state index is 0.0945. The third-order valence-electron chi connectivity index (χ3n) is 4.12. The first-order valence-corrected chi connectivity index (χ1v) is 12.4. The van der Waals surface area contributed by atoms with Crippen molar-refractivity contribution in [3.05, 3.63) is 24.5 Å². The molecule has 8 heteroatoms. The van der Waals surface area contributed by atoms with Crippen molar-refractivity contribution in [1.82, 2.24) is 19.7 Å². The van der Waals surface area contributed by atoms with E-state index in [-0.39, 0.29) is 5.91 Å². The maximum atomic E-state index is 12.1. The lowest BCUT2D eigenvalue weighted by Crippen LogP contribution is -2.28. The molecule has 0 bridgehead atoms. The number of rotatable bonds is 7. The predicted molar refractivity (Wildman–Crippen MR) is 98.9 cm³/mol.